The number of nitrogens with one attached hydrogen (secondary N) is 1. The lowest BCUT2D eigenvalue weighted by molar-refractivity contribution is 0.602. The van der Waals surface area contributed by atoms with E-state index in [-0.39, 0.29) is 0 Å². The molecule has 2 heterocycles. The summed E-state index contributed by atoms with van der Waals surface area (Å²) >= 11 is 5.23. The van der Waals surface area contributed by atoms with Crippen LogP contribution in [0.2, 0.25) is 0 Å². The number of nitrogens with zero attached hydrogens (tertiary/aromatic N) is 1. The molecular weight excluding hydrogens is 298 g/mol. The molecule has 0 fully saturated rings. The maximum Gasteiger partial charge on any atom is 0.123 e. The van der Waals surface area contributed by atoms with Crippen LogP contribution in [-0.4, -0.2) is 12.0 Å². The summed E-state index contributed by atoms with van der Waals surface area (Å²) in [4.78, 5) is 5.32. The van der Waals surface area contributed by atoms with E-state index >= 15 is 0 Å². The molecule has 2 aromatic rings. The van der Waals surface area contributed by atoms with Gasteiger partial charge in [0, 0.05) is 27.0 Å². The Morgan fingerprint density at radius 3 is 2.94 bits per heavy atom. The zero-order valence-corrected chi connectivity index (χ0v) is 11.9. The quantitative estimate of drug-likeness (QED) is 0.912. The Kier molecular flexibility index (Phi) is 4.15. The standard InChI is InChI=1S/C12H14BrN3S/c1-15-10(11-6-9(13)7-17-11)4-8-2-3-16-12(14)5-8/h2-3,5-7,10,15H,4H2,1H3,(H2,14,16). The molecule has 0 aliphatic heterocycles. The predicted molar refractivity (Wildman–Crippen MR) is 76.2 cm³/mol. The Labute approximate surface area is 113 Å². The zero-order chi connectivity index (χ0) is 12.3. The fourth-order valence-electron chi connectivity index (χ4n) is 1.71. The largest absolute Gasteiger partial charge is 0.384 e. The summed E-state index contributed by atoms with van der Waals surface area (Å²) in [6.07, 6.45) is 2.66. The van der Waals surface area contributed by atoms with Crippen molar-refractivity contribution < 1.29 is 0 Å². The van der Waals surface area contributed by atoms with Crippen molar-refractivity contribution in [2.75, 3.05) is 12.8 Å². The van der Waals surface area contributed by atoms with Gasteiger partial charge in [-0.15, -0.1) is 11.3 Å². The Bertz CT molecular complexity index is 498. The van der Waals surface area contributed by atoms with Gasteiger partial charge in [0.05, 0.1) is 0 Å². The number of nitrogens with two attached hydrogens (primary N) is 1. The normalized spacial score (nSPS) is 12.6. The summed E-state index contributed by atoms with van der Waals surface area (Å²) < 4.78 is 1.13. The Morgan fingerprint density at radius 2 is 2.35 bits per heavy atom. The van der Waals surface area contributed by atoms with Gasteiger partial charge in [0.15, 0.2) is 0 Å². The summed E-state index contributed by atoms with van der Waals surface area (Å²) in [6.45, 7) is 0. The number of halogens is 1. The summed E-state index contributed by atoms with van der Waals surface area (Å²) in [5, 5.41) is 5.43. The van der Waals surface area contributed by atoms with Crippen LogP contribution in [0.5, 0.6) is 0 Å². The van der Waals surface area contributed by atoms with Crippen LogP contribution in [0.25, 0.3) is 0 Å². The molecule has 0 saturated carbocycles. The van der Waals surface area contributed by atoms with E-state index in [0.717, 1.165) is 10.9 Å². The van der Waals surface area contributed by atoms with Crippen molar-refractivity contribution in [1.29, 1.82) is 0 Å². The van der Waals surface area contributed by atoms with Gasteiger partial charge in [0.1, 0.15) is 5.82 Å². The summed E-state index contributed by atoms with van der Waals surface area (Å²) in [5.74, 6) is 0.574. The molecule has 0 spiro atoms. The average Bonchev–Trinajstić information content (AvgIpc) is 2.73. The van der Waals surface area contributed by atoms with Crippen LogP contribution in [0.15, 0.2) is 34.2 Å². The third kappa shape index (κ3) is 3.28. The van der Waals surface area contributed by atoms with Gasteiger partial charge in [-0.05, 0) is 53.2 Å². The molecule has 0 bridgehead atoms. The van der Waals surface area contributed by atoms with Crippen LogP contribution in [0.4, 0.5) is 5.82 Å². The molecule has 2 aromatic heterocycles. The third-order valence-electron chi connectivity index (χ3n) is 2.56. The van der Waals surface area contributed by atoms with Crippen molar-refractivity contribution in [2.24, 2.45) is 0 Å². The van der Waals surface area contributed by atoms with Gasteiger partial charge in [-0.2, -0.15) is 0 Å². The highest BCUT2D eigenvalue weighted by molar-refractivity contribution is 9.10. The highest BCUT2D eigenvalue weighted by Crippen LogP contribution is 2.27. The highest BCUT2D eigenvalue weighted by atomic mass is 79.9. The minimum Gasteiger partial charge on any atom is -0.384 e. The molecular formula is C12H14BrN3S. The van der Waals surface area contributed by atoms with Gasteiger partial charge in [0.2, 0.25) is 0 Å². The minimum atomic E-state index is 0.313. The van der Waals surface area contributed by atoms with Gasteiger partial charge in [0.25, 0.3) is 0 Å². The maximum atomic E-state index is 5.68. The van der Waals surface area contributed by atoms with Crippen LogP contribution >= 0.6 is 27.3 Å². The first-order chi connectivity index (χ1) is 8.19. The van der Waals surface area contributed by atoms with Crippen LogP contribution in [0.3, 0.4) is 0 Å². The molecule has 0 radical (unpaired) electrons. The first-order valence-electron chi connectivity index (χ1n) is 5.30. The van der Waals surface area contributed by atoms with Gasteiger partial charge in [-0.1, -0.05) is 0 Å². The number of thiophene rings is 1. The topological polar surface area (TPSA) is 50.9 Å². The van der Waals surface area contributed by atoms with Crippen molar-refractivity contribution in [1.82, 2.24) is 10.3 Å². The molecule has 5 heteroatoms. The van der Waals surface area contributed by atoms with E-state index in [2.05, 4.69) is 37.7 Å². The Balaban J connectivity index is 2.15. The van der Waals surface area contributed by atoms with Gasteiger partial charge < -0.3 is 11.1 Å². The summed E-state index contributed by atoms with van der Waals surface area (Å²) in [5.41, 5.74) is 6.88. The number of aromatic nitrogens is 1. The number of likely N-dealkylation sites (N-methyl/N-ethyl adjacent to an activating group) is 1. The molecule has 3 N–H and O–H groups in total. The second kappa shape index (κ2) is 5.62. The van der Waals surface area contributed by atoms with Crippen LogP contribution in [-0.2, 0) is 6.42 Å². The molecule has 1 unspecified atom stereocenters. The lowest BCUT2D eigenvalue weighted by Crippen LogP contribution is -2.17. The molecule has 1 atom stereocenters. The number of pyridine rings is 1. The van der Waals surface area contributed by atoms with Crippen LogP contribution < -0.4 is 11.1 Å². The number of anilines is 1. The molecule has 17 heavy (non-hydrogen) atoms. The molecule has 0 amide bonds. The molecule has 2 rings (SSSR count). The Hall–Kier alpha value is -0.910. The van der Waals surface area contributed by atoms with E-state index in [9.17, 15) is 0 Å². The molecule has 90 valence electrons. The predicted octanol–water partition coefficient (Wildman–Crippen LogP) is 2.99. The van der Waals surface area contributed by atoms with E-state index in [1.165, 1.54) is 10.4 Å². The van der Waals surface area contributed by atoms with E-state index in [4.69, 9.17) is 5.73 Å². The van der Waals surface area contributed by atoms with Gasteiger partial charge >= 0.3 is 0 Å². The molecule has 0 saturated heterocycles. The van der Waals surface area contributed by atoms with Crippen molar-refractivity contribution in [3.8, 4) is 0 Å². The van der Waals surface area contributed by atoms with Gasteiger partial charge in [-0.25, -0.2) is 4.98 Å². The number of hydrogen-bond acceptors (Lipinski definition) is 4. The van der Waals surface area contributed by atoms with Crippen LogP contribution in [0, 0.1) is 0 Å². The van der Waals surface area contributed by atoms with Crippen molar-refractivity contribution in [3.63, 3.8) is 0 Å². The maximum absolute atomic E-state index is 5.68. The molecule has 0 aliphatic rings. The smallest absolute Gasteiger partial charge is 0.123 e. The first-order valence-corrected chi connectivity index (χ1v) is 6.98. The Morgan fingerprint density at radius 1 is 1.53 bits per heavy atom. The zero-order valence-electron chi connectivity index (χ0n) is 9.48. The lowest BCUT2D eigenvalue weighted by atomic mass is 10.1. The second-order valence-electron chi connectivity index (χ2n) is 3.80. The van der Waals surface area contributed by atoms with Gasteiger partial charge in [-0.3, -0.25) is 0 Å². The van der Waals surface area contributed by atoms with E-state index in [1.807, 2.05) is 19.2 Å². The van der Waals surface area contributed by atoms with E-state index in [1.54, 1.807) is 17.5 Å². The van der Waals surface area contributed by atoms with Crippen molar-refractivity contribution in [3.05, 3.63) is 44.7 Å². The minimum absolute atomic E-state index is 0.313. The van der Waals surface area contributed by atoms with Crippen molar-refractivity contribution in [2.45, 2.75) is 12.5 Å². The van der Waals surface area contributed by atoms with Crippen molar-refractivity contribution >= 4 is 33.1 Å². The average molecular weight is 312 g/mol. The number of hydrogen-bond donors (Lipinski definition) is 2. The highest BCUT2D eigenvalue weighted by Gasteiger charge is 2.12. The fraction of sp³-hybridized carbons (Fsp3) is 0.250. The third-order valence-corrected chi connectivity index (χ3v) is 4.37. The molecule has 0 aromatic carbocycles. The number of nitrogen functional groups attached to an aromatic ring is 1. The summed E-state index contributed by atoms with van der Waals surface area (Å²) in [6, 6.07) is 6.39. The lowest BCUT2D eigenvalue weighted by Gasteiger charge is -2.14. The van der Waals surface area contributed by atoms with E-state index in [0.29, 0.717) is 11.9 Å². The molecule has 0 aliphatic carbocycles. The fourth-order valence-corrected chi connectivity index (χ4v) is 3.27. The SMILES string of the molecule is CNC(Cc1ccnc(N)c1)c1cc(Br)cs1. The second-order valence-corrected chi connectivity index (χ2v) is 5.66. The first kappa shape index (κ1) is 12.5. The monoisotopic (exact) mass is 311 g/mol. The van der Waals surface area contributed by atoms with Crippen LogP contribution in [0.1, 0.15) is 16.5 Å². The number of rotatable bonds is 4. The molecule has 3 nitrogen and oxygen atoms in total. The van der Waals surface area contributed by atoms with E-state index < -0.39 is 0 Å². The summed E-state index contributed by atoms with van der Waals surface area (Å²) in [7, 11) is 1.98.